The fraction of sp³-hybridized carbons (Fsp3) is 0.400. The Balaban J connectivity index is 1.59. The van der Waals surface area contributed by atoms with Crippen molar-refractivity contribution in [1.29, 1.82) is 0 Å². The first-order valence-electron chi connectivity index (χ1n) is 11.0. The first-order chi connectivity index (χ1) is 15.4. The zero-order valence-corrected chi connectivity index (χ0v) is 18.4. The van der Waals surface area contributed by atoms with E-state index < -0.39 is 17.4 Å². The molecule has 5 rings (SSSR count). The number of carbonyl (C=O) groups excluding carboxylic acids is 3. The molecule has 0 aliphatic carbocycles. The van der Waals surface area contributed by atoms with E-state index in [4.69, 9.17) is 4.74 Å². The van der Waals surface area contributed by atoms with Crippen LogP contribution in [0.25, 0.3) is 0 Å². The minimum Gasteiger partial charge on any atom is -0.496 e. The predicted octanol–water partition coefficient (Wildman–Crippen LogP) is 2.66. The van der Waals surface area contributed by atoms with Crippen LogP contribution in [0.2, 0.25) is 0 Å². The second-order valence-corrected chi connectivity index (χ2v) is 9.27. The van der Waals surface area contributed by atoms with Gasteiger partial charge in [0.05, 0.1) is 25.5 Å². The van der Waals surface area contributed by atoms with Gasteiger partial charge in [0.15, 0.2) is 0 Å². The lowest BCUT2D eigenvalue weighted by Crippen LogP contribution is -2.53. The number of anilines is 1. The molecule has 0 aromatic heterocycles. The molecule has 0 bridgehead atoms. The summed E-state index contributed by atoms with van der Waals surface area (Å²) in [6.45, 7) is 4.29. The maximum atomic E-state index is 13.8. The van der Waals surface area contributed by atoms with Crippen LogP contribution in [0.15, 0.2) is 48.5 Å². The lowest BCUT2D eigenvalue weighted by molar-refractivity contribution is -0.143. The predicted molar refractivity (Wildman–Crippen MR) is 119 cm³/mol. The quantitative estimate of drug-likeness (QED) is 0.708. The molecular weight excluding hydrogens is 406 g/mol. The van der Waals surface area contributed by atoms with Crippen molar-refractivity contribution in [3.8, 4) is 5.75 Å². The maximum Gasteiger partial charge on any atom is 0.250 e. The van der Waals surface area contributed by atoms with Crippen LogP contribution in [0.1, 0.15) is 31.4 Å². The molecule has 2 aromatic carbocycles. The number of imide groups is 1. The normalized spacial score (nSPS) is 28.4. The second kappa shape index (κ2) is 7.45. The van der Waals surface area contributed by atoms with E-state index in [1.165, 1.54) is 4.90 Å². The number of methoxy groups -OCH3 is 1. The number of ether oxygens (including phenoxy) is 1. The molecular formula is C25H27N3O4. The van der Waals surface area contributed by atoms with Gasteiger partial charge >= 0.3 is 0 Å². The standard InChI is InChI=1S/C25H27N3O4/c1-14(2)12-18-20-21(25(27-18)16-9-5-6-10-17(16)26-24(25)31)23(30)28(22(20)29)13-15-8-4-7-11-19(15)32-3/h4-11,14,18,20-21,27H,12-13H2,1-3H3,(H,26,31)/t18-,20-,21+,25-/m1/s1. The Morgan fingerprint density at radius 1 is 1.03 bits per heavy atom. The van der Waals surface area contributed by atoms with Crippen molar-refractivity contribution in [1.82, 2.24) is 10.2 Å². The van der Waals surface area contributed by atoms with Crippen LogP contribution in [-0.2, 0) is 26.5 Å². The molecule has 7 nitrogen and oxygen atoms in total. The summed E-state index contributed by atoms with van der Waals surface area (Å²) in [4.78, 5) is 42.1. The van der Waals surface area contributed by atoms with Gasteiger partial charge in [-0.2, -0.15) is 0 Å². The van der Waals surface area contributed by atoms with Crippen LogP contribution in [0.4, 0.5) is 5.69 Å². The highest BCUT2D eigenvalue weighted by Gasteiger charge is 2.70. The summed E-state index contributed by atoms with van der Waals surface area (Å²) < 4.78 is 5.42. The van der Waals surface area contributed by atoms with E-state index in [-0.39, 0.29) is 30.3 Å². The summed E-state index contributed by atoms with van der Waals surface area (Å²) in [7, 11) is 1.57. The fourth-order valence-electron chi connectivity index (χ4n) is 5.69. The van der Waals surface area contributed by atoms with Gasteiger partial charge < -0.3 is 10.1 Å². The summed E-state index contributed by atoms with van der Waals surface area (Å²) in [6, 6.07) is 14.5. The number of para-hydroxylation sites is 2. The lowest BCUT2D eigenvalue weighted by Gasteiger charge is -2.30. The van der Waals surface area contributed by atoms with Crippen LogP contribution in [0.5, 0.6) is 5.75 Å². The minimum atomic E-state index is -1.23. The fourth-order valence-corrected chi connectivity index (χ4v) is 5.69. The Labute approximate surface area is 187 Å². The summed E-state index contributed by atoms with van der Waals surface area (Å²) in [5.74, 6) is -1.24. The van der Waals surface area contributed by atoms with Crippen LogP contribution >= 0.6 is 0 Å². The number of benzene rings is 2. The zero-order chi connectivity index (χ0) is 22.6. The van der Waals surface area contributed by atoms with E-state index in [1.54, 1.807) is 7.11 Å². The number of hydrogen-bond acceptors (Lipinski definition) is 5. The third-order valence-corrected chi connectivity index (χ3v) is 6.96. The van der Waals surface area contributed by atoms with E-state index >= 15 is 0 Å². The van der Waals surface area contributed by atoms with Crippen LogP contribution in [0.3, 0.4) is 0 Å². The highest BCUT2D eigenvalue weighted by atomic mass is 16.5. The molecule has 7 heteroatoms. The van der Waals surface area contributed by atoms with Gasteiger partial charge in [0.1, 0.15) is 11.3 Å². The number of rotatable bonds is 5. The second-order valence-electron chi connectivity index (χ2n) is 9.27. The Hall–Kier alpha value is -3.19. The van der Waals surface area contributed by atoms with Gasteiger partial charge in [-0.3, -0.25) is 24.6 Å². The number of nitrogens with one attached hydrogen (secondary N) is 2. The topological polar surface area (TPSA) is 87.7 Å². The van der Waals surface area contributed by atoms with E-state index in [9.17, 15) is 14.4 Å². The van der Waals surface area contributed by atoms with Crippen molar-refractivity contribution >= 4 is 23.4 Å². The van der Waals surface area contributed by atoms with Crippen molar-refractivity contribution in [2.24, 2.45) is 17.8 Å². The molecule has 3 aliphatic rings. The largest absolute Gasteiger partial charge is 0.496 e. The molecule has 0 radical (unpaired) electrons. The Morgan fingerprint density at radius 2 is 1.75 bits per heavy atom. The molecule has 4 atom stereocenters. The van der Waals surface area contributed by atoms with Crippen molar-refractivity contribution in [2.75, 3.05) is 12.4 Å². The van der Waals surface area contributed by atoms with Crippen molar-refractivity contribution in [3.05, 3.63) is 59.7 Å². The molecule has 2 fully saturated rings. The molecule has 2 aromatic rings. The lowest BCUT2D eigenvalue weighted by atomic mass is 9.76. The Kier molecular flexibility index (Phi) is 4.82. The van der Waals surface area contributed by atoms with Gasteiger partial charge in [-0.25, -0.2) is 0 Å². The first kappa shape index (κ1) is 20.7. The molecule has 3 heterocycles. The first-order valence-corrected chi connectivity index (χ1v) is 11.0. The average molecular weight is 434 g/mol. The van der Waals surface area contributed by atoms with E-state index in [0.717, 1.165) is 11.1 Å². The van der Waals surface area contributed by atoms with E-state index in [1.807, 2.05) is 48.5 Å². The van der Waals surface area contributed by atoms with Crippen molar-refractivity contribution in [2.45, 2.75) is 38.4 Å². The molecule has 2 saturated heterocycles. The average Bonchev–Trinajstić information content (AvgIpc) is 3.34. The van der Waals surface area contributed by atoms with Gasteiger partial charge in [0, 0.05) is 22.9 Å². The Bertz CT molecular complexity index is 1110. The van der Waals surface area contributed by atoms with Crippen LogP contribution in [-0.4, -0.2) is 35.8 Å². The summed E-state index contributed by atoms with van der Waals surface area (Å²) in [6.07, 6.45) is 0.694. The summed E-state index contributed by atoms with van der Waals surface area (Å²) in [5.41, 5.74) is 0.961. The number of amides is 3. The van der Waals surface area contributed by atoms with Gasteiger partial charge in [0.2, 0.25) is 17.7 Å². The summed E-state index contributed by atoms with van der Waals surface area (Å²) in [5, 5.41) is 6.40. The molecule has 0 saturated carbocycles. The monoisotopic (exact) mass is 433 g/mol. The maximum absolute atomic E-state index is 13.8. The SMILES string of the molecule is COc1ccccc1CN1C(=O)[C@H]2[C@@H](C1=O)[C@@]1(N[C@@H]2CC(C)C)C(=O)Nc2ccccc21. The summed E-state index contributed by atoms with van der Waals surface area (Å²) >= 11 is 0. The van der Waals surface area contributed by atoms with Crippen molar-refractivity contribution in [3.63, 3.8) is 0 Å². The number of likely N-dealkylation sites (tertiary alicyclic amines) is 1. The number of fused-ring (bicyclic) bond motifs is 4. The Morgan fingerprint density at radius 3 is 2.50 bits per heavy atom. The number of carbonyl (C=O) groups is 3. The highest BCUT2D eigenvalue weighted by Crippen LogP contribution is 2.53. The molecule has 166 valence electrons. The van der Waals surface area contributed by atoms with Crippen LogP contribution in [0, 0.1) is 17.8 Å². The molecule has 1 spiro atoms. The number of hydrogen-bond donors (Lipinski definition) is 2. The van der Waals surface area contributed by atoms with Gasteiger partial charge in [-0.1, -0.05) is 50.2 Å². The smallest absolute Gasteiger partial charge is 0.250 e. The molecule has 32 heavy (non-hydrogen) atoms. The van der Waals surface area contributed by atoms with Crippen LogP contribution < -0.4 is 15.4 Å². The third-order valence-electron chi connectivity index (χ3n) is 6.96. The van der Waals surface area contributed by atoms with Gasteiger partial charge in [-0.15, -0.1) is 0 Å². The third kappa shape index (κ3) is 2.80. The molecule has 0 unspecified atom stereocenters. The van der Waals surface area contributed by atoms with E-state index in [0.29, 0.717) is 23.8 Å². The molecule has 2 N–H and O–H groups in total. The minimum absolute atomic E-state index is 0.127. The zero-order valence-electron chi connectivity index (χ0n) is 18.4. The van der Waals surface area contributed by atoms with E-state index in [2.05, 4.69) is 24.5 Å². The molecule has 3 amide bonds. The van der Waals surface area contributed by atoms with Crippen molar-refractivity contribution < 1.29 is 19.1 Å². The van der Waals surface area contributed by atoms with Gasteiger partial charge in [0.25, 0.3) is 0 Å². The van der Waals surface area contributed by atoms with Gasteiger partial charge in [-0.05, 0) is 24.5 Å². The highest BCUT2D eigenvalue weighted by molar-refractivity contribution is 6.15. The number of nitrogens with zero attached hydrogens (tertiary/aromatic N) is 1. The molecule has 3 aliphatic heterocycles.